The maximum atomic E-state index is 12.5. The van der Waals surface area contributed by atoms with E-state index in [0.29, 0.717) is 17.7 Å². The zero-order valence-electron chi connectivity index (χ0n) is 13.4. The molecule has 1 aromatic carbocycles. The van der Waals surface area contributed by atoms with Crippen molar-refractivity contribution >= 4 is 17.6 Å². The second-order valence-electron chi connectivity index (χ2n) is 6.06. The molecular formula is C17H19N3O3. The van der Waals surface area contributed by atoms with Crippen molar-refractivity contribution in [2.24, 2.45) is 0 Å². The molecule has 120 valence electrons. The molecule has 2 aromatic rings. The highest BCUT2D eigenvalue weighted by atomic mass is 16.6. The van der Waals surface area contributed by atoms with Gasteiger partial charge in [-0.15, -0.1) is 0 Å². The Morgan fingerprint density at radius 3 is 2.87 bits per heavy atom. The standard InChI is InChI=1S/C17H19N3O3/c1-4-14(20-9-5-8-18-20)15(21)19-11-6-7-13-12(10-11)16(22)23-17(13,2)3/h5-10,14H,4H2,1-3H3,(H,19,21). The molecule has 6 heteroatoms. The van der Waals surface area contributed by atoms with E-state index in [-0.39, 0.29) is 17.9 Å². The van der Waals surface area contributed by atoms with Crippen LogP contribution in [0.4, 0.5) is 5.69 Å². The number of nitrogens with zero attached hydrogens (tertiary/aromatic N) is 2. The smallest absolute Gasteiger partial charge is 0.339 e. The molecule has 3 rings (SSSR count). The fourth-order valence-corrected chi connectivity index (χ4v) is 2.84. The highest BCUT2D eigenvalue weighted by molar-refractivity contribution is 5.98. The lowest BCUT2D eigenvalue weighted by Crippen LogP contribution is -2.26. The summed E-state index contributed by atoms with van der Waals surface area (Å²) in [6.45, 7) is 5.62. The maximum absolute atomic E-state index is 12.5. The summed E-state index contributed by atoms with van der Waals surface area (Å²) in [5.41, 5.74) is 1.28. The molecule has 0 saturated carbocycles. The van der Waals surface area contributed by atoms with Crippen LogP contribution in [0.1, 0.15) is 49.2 Å². The van der Waals surface area contributed by atoms with Gasteiger partial charge >= 0.3 is 5.97 Å². The van der Waals surface area contributed by atoms with E-state index in [0.717, 1.165) is 5.56 Å². The molecule has 2 heterocycles. The Labute approximate surface area is 134 Å². The van der Waals surface area contributed by atoms with Crippen LogP contribution in [0.5, 0.6) is 0 Å². The summed E-state index contributed by atoms with van der Waals surface area (Å²) in [5, 5.41) is 6.97. The molecule has 0 fully saturated rings. The number of carbonyl (C=O) groups is 2. The largest absolute Gasteiger partial charge is 0.451 e. The van der Waals surface area contributed by atoms with Gasteiger partial charge in [0, 0.05) is 23.6 Å². The number of ether oxygens (including phenoxy) is 1. The summed E-state index contributed by atoms with van der Waals surface area (Å²) in [5.74, 6) is -0.526. The molecule has 0 saturated heterocycles. The molecule has 0 radical (unpaired) electrons. The number of benzene rings is 1. The number of aromatic nitrogens is 2. The van der Waals surface area contributed by atoms with Gasteiger partial charge in [0.05, 0.1) is 5.56 Å². The van der Waals surface area contributed by atoms with Crippen molar-refractivity contribution in [1.29, 1.82) is 0 Å². The lowest BCUT2D eigenvalue weighted by atomic mass is 9.95. The molecule has 6 nitrogen and oxygen atoms in total. The first-order valence-corrected chi connectivity index (χ1v) is 7.60. The van der Waals surface area contributed by atoms with Crippen molar-refractivity contribution in [3.63, 3.8) is 0 Å². The van der Waals surface area contributed by atoms with Gasteiger partial charge in [-0.2, -0.15) is 5.10 Å². The predicted molar refractivity (Wildman–Crippen MR) is 85.1 cm³/mol. The highest BCUT2D eigenvalue weighted by Crippen LogP contribution is 2.37. The number of esters is 1. The molecular weight excluding hydrogens is 294 g/mol. The molecule has 23 heavy (non-hydrogen) atoms. The van der Waals surface area contributed by atoms with Gasteiger partial charge in [-0.3, -0.25) is 9.48 Å². The Hall–Kier alpha value is -2.63. The minimum Gasteiger partial charge on any atom is -0.451 e. The van der Waals surface area contributed by atoms with Crippen LogP contribution in [0.2, 0.25) is 0 Å². The molecule has 1 aliphatic rings. The van der Waals surface area contributed by atoms with E-state index in [9.17, 15) is 9.59 Å². The highest BCUT2D eigenvalue weighted by Gasteiger charge is 2.37. The third kappa shape index (κ3) is 2.72. The molecule has 0 spiro atoms. The maximum Gasteiger partial charge on any atom is 0.339 e. The van der Waals surface area contributed by atoms with Crippen molar-refractivity contribution in [1.82, 2.24) is 9.78 Å². The summed E-state index contributed by atoms with van der Waals surface area (Å²) >= 11 is 0. The van der Waals surface area contributed by atoms with E-state index in [1.54, 1.807) is 35.3 Å². The van der Waals surface area contributed by atoms with E-state index in [1.165, 1.54) is 0 Å². The van der Waals surface area contributed by atoms with Gasteiger partial charge in [0.2, 0.25) is 5.91 Å². The molecule has 1 amide bonds. The van der Waals surface area contributed by atoms with Gasteiger partial charge in [-0.25, -0.2) is 4.79 Å². The fourth-order valence-electron chi connectivity index (χ4n) is 2.84. The number of amides is 1. The number of anilines is 1. The fraction of sp³-hybridized carbons (Fsp3) is 0.353. The first-order valence-electron chi connectivity index (χ1n) is 7.60. The molecule has 1 aliphatic heterocycles. The van der Waals surface area contributed by atoms with E-state index in [1.807, 2.05) is 26.8 Å². The summed E-state index contributed by atoms with van der Waals surface area (Å²) in [6, 6.07) is 6.67. The number of rotatable bonds is 4. The topological polar surface area (TPSA) is 73.2 Å². The Bertz CT molecular complexity index is 750. The second-order valence-corrected chi connectivity index (χ2v) is 6.06. The first kappa shape index (κ1) is 15.3. The number of carbonyl (C=O) groups excluding carboxylic acids is 2. The van der Waals surface area contributed by atoms with Crippen molar-refractivity contribution in [3.05, 3.63) is 47.8 Å². The van der Waals surface area contributed by atoms with E-state index >= 15 is 0 Å². The first-order chi connectivity index (χ1) is 10.9. The van der Waals surface area contributed by atoms with Crippen LogP contribution in [0.15, 0.2) is 36.7 Å². The zero-order valence-corrected chi connectivity index (χ0v) is 13.4. The molecule has 1 N–H and O–H groups in total. The minimum absolute atomic E-state index is 0.165. The summed E-state index contributed by atoms with van der Waals surface area (Å²) in [4.78, 5) is 24.4. The van der Waals surface area contributed by atoms with Gasteiger partial charge in [0.1, 0.15) is 11.6 Å². The molecule has 0 aliphatic carbocycles. The average Bonchev–Trinajstić information content (AvgIpc) is 3.08. The number of hydrogen-bond acceptors (Lipinski definition) is 4. The van der Waals surface area contributed by atoms with Crippen LogP contribution >= 0.6 is 0 Å². The van der Waals surface area contributed by atoms with E-state index in [2.05, 4.69) is 10.4 Å². The Kier molecular flexibility index (Phi) is 3.67. The van der Waals surface area contributed by atoms with Gasteiger partial charge in [0.15, 0.2) is 0 Å². The Morgan fingerprint density at radius 1 is 1.43 bits per heavy atom. The molecule has 1 aromatic heterocycles. The normalized spacial score (nSPS) is 16.6. The van der Waals surface area contributed by atoms with Crippen LogP contribution in [-0.4, -0.2) is 21.7 Å². The SMILES string of the molecule is CCC(C(=O)Nc1ccc2c(c1)C(=O)OC2(C)C)n1cccn1. The van der Waals surface area contributed by atoms with Crippen LogP contribution in [0.25, 0.3) is 0 Å². The van der Waals surface area contributed by atoms with Gasteiger partial charge in [-0.05, 0) is 38.5 Å². The molecule has 1 atom stereocenters. The van der Waals surface area contributed by atoms with E-state index in [4.69, 9.17) is 4.74 Å². The predicted octanol–water partition coefficient (Wildman–Crippen LogP) is 2.88. The molecule has 0 bridgehead atoms. The van der Waals surface area contributed by atoms with E-state index < -0.39 is 5.60 Å². The minimum atomic E-state index is -0.629. The van der Waals surface area contributed by atoms with Crippen molar-refractivity contribution in [2.75, 3.05) is 5.32 Å². The van der Waals surface area contributed by atoms with Crippen molar-refractivity contribution in [3.8, 4) is 0 Å². The second kappa shape index (κ2) is 5.53. The van der Waals surface area contributed by atoms with Crippen LogP contribution < -0.4 is 5.32 Å². The summed E-state index contributed by atoms with van der Waals surface area (Å²) in [6.07, 6.45) is 4.02. The third-order valence-electron chi connectivity index (χ3n) is 4.04. The average molecular weight is 313 g/mol. The van der Waals surface area contributed by atoms with Crippen LogP contribution in [0.3, 0.4) is 0 Å². The van der Waals surface area contributed by atoms with Gasteiger partial charge in [-0.1, -0.05) is 13.0 Å². The van der Waals surface area contributed by atoms with Crippen molar-refractivity contribution in [2.45, 2.75) is 38.8 Å². The van der Waals surface area contributed by atoms with Gasteiger partial charge in [0.25, 0.3) is 0 Å². The van der Waals surface area contributed by atoms with Crippen LogP contribution in [0, 0.1) is 0 Å². The summed E-state index contributed by atoms with van der Waals surface area (Å²) < 4.78 is 6.97. The number of fused-ring (bicyclic) bond motifs is 1. The Morgan fingerprint density at radius 2 is 2.22 bits per heavy atom. The monoisotopic (exact) mass is 313 g/mol. The van der Waals surface area contributed by atoms with Crippen molar-refractivity contribution < 1.29 is 14.3 Å². The zero-order chi connectivity index (χ0) is 16.6. The van der Waals surface area contributed by atoms with Crippen LogP contribution in [-0.2, 0) is 15.1 Å². The third-order valence-corrected chi connectivity index (χ3v) is 4.04. The molecule has 1 unspecified atom stereocenters. The number of nitrogens with one attached hydrogen (secondary N) is 1. The lowest BCUT2D eigenvalue weighted by molar-refractivity contribution is -0.119. The quantitative estimate of drug-likeness (QED) is 0.881. The lowest BCUT2D eigenvalue weighted by Gasteiger charge is -2.18. The summed E-state index contributed by atoms with van der Waals surface area (Å²) in [7, 11) is 0. The Balaban J connectivity index is 1.83. The number of cyclic esters (lactones) is 1. The number of hydrogen-bond donors (Lipinski definition) is 1. The van der Waals surface area contributed by atoms with Gasteiger partial charge < -0.3 is 10.1 Å².